The molecule has 32 heavy (non-hydrogen) atoms. The van der Waals surface area contributed by atoms with Crippen LogP contribution in [0.3, 0.4) is 0 Å². The van der Waals surface area contributed by atoms with Crippen molar-refractivity contribution < 1.29 is 31.1 Å². The maximum Gasteiger partial charge on any atom is 0.416 e. The third kappa shape index (κ3) is 4.28. The summed E-state index contributed by atoms with van der Waals surface area (Å²) in [5.41, 5.74) is -1.02. The van der Waals surface area contributed by atoms with Crippen molar-refractivity contribution in [3.63, 3.8) is 0 Å². The molecule has 2 aromatic rings. The minimum atomic E-state index is -4.46. The lowest BCUT2D eigenvalue weighted by atomic mass is 9.99. The van der Waals surface area contributed by atoms with Crippen LogP contribution in [0, 0.1) is 0 Å². The molecule has 2 aliphatic rings. The number of carbonyl (C=O) groups excluding carboxylic acids is 1. The molecular weight excluding hydrogens is 436 g/mol. The van der Waals surface area contributed by atoms with E-state index in [1.807, 2.05) is 4.90 Å². The van der Waals surface area contributed by atoms with Crippen molar-refractivity contribution in [3.8, 4) is 0 Å². The second kappa shape index (κ2) is 7.99. The number of alkyl halides is 6. The van der Waals surface area contributed by atoms with E-state index in [1.54, 1.807) is 17.9 Å². The van der Waals surface area contributed by atoms with Crippen molar-refractivity contribution in [3.05, 3.63) is 65.2 Å². The van der Waals surface area contributed by atoms with Gasteiger partial charge in [0.1, 0.15) is 0 Å². The Labute approximate surface area is 180 Å². The maximum atomic E-state index is 13.4. The first-order valence-corrected chi connectivity index (χ1v) is 10.1. The van der Waals surface area contributed by atoms with Crippen molar-refractivity contribution in [1.82, 2.24) is 9.80 Å². The van der Waals surface area contributed by atoms with Crippen LogP contribution >= 0.6 is 0 Å². The Kier molecular flexibility index (Phi) is 5.60. The SMILES string of the molecule is CC(c1ccccc1C(F)(F)F)N1CC2CC1CN2C(=O)Nc1ccc(C(F)(F)F)cc1. The van der Waals surface area contributed by atoms with Gasteiger partial charge in [0.05, 0.1) is 11.1 Å². The molecule has 3 atom stereocenters. The number of piperazine rings is 1. The van der Waals surface area contributed by atoms with Gasteiger partial charge >= 0.3 is 18.4 Å². The lowest BCUT2D eigenvalue weighted by Gasteiger charge is -2.38. The van der Waals surface area contributed by atoms with E-state index in [0.717, 1.165) is 18.2 Å². The molecule has 2 aliphatic heterocycles. The molecule has 0 aliphatic carbocycles. The fraction of sp³-hybridized carbons (Fsp3) is 0.409. The van der Waals surface area contributed by atoms with E-state index in [9.17, 15) is 31.1 Å². The normalized spacial score (nSPS) is 22.3. The van der Waals surface area contributed by atoms with Gasteiger partial charge in [0.2, 0.25) is 0 Å². The summed E-state index contributed by atoms with van der Waals surface area (Å²) in [6.45, 7) is 2.51. The number of benzene rings is 2. The molecular formula is C22H21F6N3O. The number of amides is 2. The fourth-order valence-corrected chi connectivity index (χ4v) is 4.66. The zero-order valence-corrected chi connectivity index (χ0v) is 17.0. The van der Waals surface area contributed by atoms with Gasteiger partial charge in [-0.05, 0) is 49.2 Å². The van der Waals surface area contributed by atoms with Gasteiger partial charge in [-0.25, -0.2) is 4.79 Å². The van der Waals surface area contributed by atoms with Gasteiger partial charge in [-0.3, -0.25) is 4.90 Å². The Bertz CT molecular complexity index is 988. The van der Waals surface area contributed by atoms with Crippen LogP contribution < -0.4 is 5.32 Å². The van der Waals surface area contributed by atoms with Gasteiger partial charge in [-0.15, -0.1) is 0 Å². The Morgan fingerprint density at radius 3 is 2.16 bits per heavy atom. The van der Waals surface area contributed by atoms with Crippen molar-refractivity contribution in [2.45, 2.75) is 43.8 Å². The van der Waals surface area contributed by atoms with E-state index >= 15 is 0 Å². The standard InChI is InChI=1S/C22H21F6N3O/c1-13(18-4-2-3-5-19(18)22(26,27)28)30-11-17-10-16(30)12-31(17)20(32)29-15-8-6-14(7-9-15)21(23,24)25/h2-9,13,16-17H,10-12H2,1H3,(H,29,32). The van der Waals surface area contributed by atoms with E-state index in [4.69, 9.17) is 0 Å². The minimum Gasteiger partial charge on any atom is -0.319 e. The number of rotatable bonds is 3. The van der Waals surface area contributed by atoms with E-state index in [1.165, 1.54) is 24.3 Å². The summed E-state index contributed by atoms with van der Waals surface area (Å²) >= 11 is 0. The zero-order chi connectivity index (χ0) is 23.3. The average molecular weight is 457 g/mol. The Morgan fingerprint density at radius 2 is 1.59 bits per heavy atom. The summed E-state index contributed by atoms with van der Waals surface area (Å²) in [4.78, 5) is 16.2. The topological polar surface area (TPSA) is 35.6 Å². The molecule has 1 N–H and O–H groups in total. The van der Waals surface area contributed by atoms with Gasteiger partial charge < -0.3 is 10.2 Å². The van der Waals surface area contributed by atoms with Gasteiger partial charge in [-0.1, -0.05) is 18.2 Å². The first-order valence-electron chi connectivity index (χ1n) is 10.1. The predicted octanol–water partition coefficient (Wildman–Crippen LogP) is 5.78. The monoisotopic (exact) mass is 457 g/mol. The second-order valence-electron chi connectivity index (χ2n) is 8.16. The Balaban J connectivity index is 1.41. The van der Waals surface area contributed by atoms with Crippen LogP contribution in [0.5, 0.6) is 0 Å². The van der Waals surface area contributed by atoms with Gasteiger partial charge in [0.15, 0.2) is 0 Å². The number of urea groups is 1. The Morgan fingerprint density at radius 1 is 0.938 bits per heavy atom. The minimum absolute atomic E-state index is 0.0883. The molecule has 2 fully saturated rings. The highest BCUT2D eigenvalue weighted by atomic mass is 19.4. The van der Waals surface area contributed by atoms with Gasteiger partial charge in [0, 0.05) is 36.9 Å². The second-order valence-corrected chi connectivity index (χ2v) is 8.16. The van der Waals surface area contributed by atoms with Crippen LogP contribution in [-0.2, 0) is 12.4 Å². The number of halogens is 6. The molecule has 0 spiro atoms. The molecule has 0 aromatic heterocycles. The average Bonchev–Trinajstić information content (AvgIpc) is 3.33. The number of carbonyl (C=O) groups is 1. The molecule has 2 aromatic carbocycles. The lowest BCUT2D eigenvalue weighted by Crippen LogP contribution is -2.50. The first-order chi connectivity index (χ1) is 14.9. The quantitative estimate of drug-likeness (QED) is 0.594. The number of hydrogen-bond acceptors (Lipinski definition) is 2. The zero-order valence-electron chi connectivity index (χ0n) is 17.0. The van der Waals surface area contributed by atoms with Crippen LogP contribution in [-0.4, -0.2) is 41.0 Å². The molecule has 0 saturated carbocycles. The fourth-order valence-electron chi connectivity index (χ4n) is 4.66. The number of anilines is 1. The number of likely N-dealkylation sites (tertiary alicyclic amines) is 2. The third-order valence-electron chi connectivity index (χ3n) is 6.22. The van der Waals surface area contributed by atoms with Crippen LogP contribution in [0.4, 0.5) is 36.8 Å². The molecule has 2 saturated heterocycles. The number of nitrogens with one attached hydrogen (secondary N) is 1. The van der Waals surface area contributed by atoms with Crippen LogP contribution in [0.2, 0.25) is 0 Å². The van der Waals surface area contributed by atoms with Crippen LogP contribution in [0.1, 0.15) is 36.1 Å². The molecule has 2 bridgehead atoms. The van der Waals surface area contributed by atoms with E-state index in [0.29, 0.717) is 19.5 Å². The maximum absolute atomic E-state index is 13.4. The Hall–Kier alpha value is -2.75. The van der Waals surface area contributed by atoms with Crippen LogP contribution in [0.25, 0.3) is 0 Å². The van der Waals surface area contributed by atoms with Crippen molar-refractivity contribution in [2.75, 3.05) is 18.4 Å². The molecule has 10 heteroatoms. The summed E-state index contributed by atoms with van der Waals surface area (Å²) in [6, 6.07) is 8.52. The van der Waals surface area contributed by atoms with Crippen molar-refractivity contribution in [1.29, 1.82) is 0 Å². The van der Waals surface area contributed by atoms with E-state index in [2.05, 4.69) is 5.32 Å². The van der Waals surface area contributed by atoms with E-state index < -0.39 is 35.6 Å². The summed E-state index contributed by atoms with van der Waals surface area (Å²) in [5.74, 6) is 0. The highest BCUT2D eigenvalue weighted by molar-refractivity contribution is 5.90. The number of fused-ring (bicyclic) bond motifs is 2. The van der Waals surface area contributed by atoms with E-state index in [-0.39, 0.29) is 23.3 Å². The third-order valence-corrected chi connectivity index (χ3v) is 6.22. The highest BCUT2D eigenvalue weighted by Gasteiger charge is 2.48. The lowest BCUT2D eigenvalue weighted by molar-refractivity contribution is -0.139. The molecule has 4 rings (SSSR count). The largest absolute Gasteiger partial charge is 0.416 e. The summed E-state index contributed by atoms with van der Waals surface area (Å²) in [7, 11) is 0. The number of nitrogens with zero attached hydrogens (tertiary/aromatic N) is 2. The highest BCUT2D eigenvalue weighted by Crippen LogP contribution is 2.41. The molecule has 2 heterocycles. The summed E-state index contributed by atoms with van der Waals surface area (Å²) in [5, 5.41) is 2.60. The predicted molar refractivity (Wildman–Crippen MR) is 106 cm³/mol. The molecule has 172 valence electrons. The summed E-state index contributed by atoms with van der Waals surface area (Å²) in [6.07, 6.45) is -8.27. The molecule has 4 nitrogen and oxygen atoms in total. The van der Waals surface area contributed by atoms with Crippen LogP contribution in [0.15, 0.2) is 48.5 Å². The molecule has 3 unspecified atom stereocenters. The number of hydrogen-bond donors (Lipinski definition) is 1. The summed E-state index contributed by atoms with van der Waals surface area (Å²) < 4.78 is 78.3. The van der Waals surface area contributed by atoms with Crippen molar-refractivity contribution >= 4 is 11.7 Å². The first kappa shape index (κ1) is 22.4. The van der Waals surface area contributed by atoms with Crippen molar-refractivity contribution in [2.24, 2.45) is 0 Å². The molecule has 0 radical (unpaired) electrons. The van der Waals surface area contributed by atoms with Gasteiger partial charge in [-0.2, -0.15) is 26.3 Å². The smallest absolute Gasteiger partial charge is 0.319 e. The molecule has 2 amide bonds. The van der Waals surface area contributed by atoms with Gasteiger partial charge in [0.25, 0.3) is 0 Å².